The van der Waals surface area contributed by atoms with Gasteiger partial charge in [0.25, 0.3) is 5.69 Å². The summed E-state index contributed by atoms with van der Waals surface area (Å²) in [5.41, 5.74) is 2.26. The number of hydrogen-bond donors (Lipinski definition) is 0. The molecule has 0 bridgehead atoms. The number of nitrogens with zero attached hydrogens (tertiary/aromatic N) is 2. The molecule has 0 spiro atoms. The predicted molar refractivity (Wildman–Crippen MR) is 91.2 cm³/mol. The Labute approximate surface area is 132 Å². The molecule has 0 unspecified atom stereocenters. The number of aryl methyl sites for hydroxylation is 1. The van der Waals surface area contributed by atoms with E-state index in [2.05, 4.69) is 0 Å². The zero-order valence-corrected chi connectivity index (χ0v) is 12.5. The van der Waals surface area contributed by atoms with Crippen LogP contribution in [0.15, 0.2) is 59.5 Å². The molecule has 0 aliphatic rings. The molecule has 0 fully saturated rings. The van der Waals surface area contributed by atoms with E-state index < -0.39 is 4.92 Å². The van der Waals surface area contributed by atoms with Crippen LogP contribution in [0.4, 0.5) is 5.69 Å². The number of benzene rings is 2. The van der Waals surface area contributed by atoms with Gasteiger partial charge in [0.1, 0.15) is 0 Å². The predicted octanol–water partition coefficient (Wildman–Crippen LogP) is 3.62. The van der Waals surface area contributed by atoms with E-state index in [1.807, 2.05) is 29.8 Å². The summed E-state index contributed by atoms with van der Waals surface area (Å²) in [5, 5.41) is 11.3. The Bertz CT molecular complexity index is 970. The Balaban J connectivity index is 1.99. The van der Waals surface area contributed by atoms with E-state index in [4.69, 9.17) is 0 Å². The first kappa shape index (κ1) is 14.7. The monoisotopic (exact) mass is 306 g/mol. The van der Waals surface area contributed by atoms with Crippen molar-refractivity contribution >= 4 is 28.7 Å². The van der Waals surface area contributed by atoms with Gasteiger partial charge in [-0.15, -0.1) is 0 Å². The molecule has 0 saturated heterocycles. The molecule has 2 aromatic carbocycles. The van der Waals surface area contributed by atoms with Crippen molar-refractivity contribution in [2.24, 2.45) is 7.05 Å². The van der Waals surface area contributed by atoms with Gasteiger partial charge in [0, 0.05) is 36.3 Å². The Hall–Kier alpha value is -3.21. The van der Waals surface area contributed by atoms with Gasteiger partial charge in [0.15, 0.2) is 5.43 Å². The Morgan fingerprint density at radius 2 is 1.74 bits per heavy atom. The summed E-state index contributed by atoms with van der Waals surface area (Å²) < 4.78 is 1.91. The van der Waals surface area contributed by atoms with Gasteiger partial charge in [-0.3, -0.25) is 14.9 Å². The van der Waals surface area contributed by atoms with Gasteiger partial charge in [0.05, 0.1) is 10.4 Å². The Morgan fingerprint density at radius 1 is 1.04 bits per heavy atom. The lowest BCUT2D eigenvalue weighted by Gasteiger charge is -2.06. The third kappa shape index (κ3) is 2.89. The van der Waals surface area contributed by atoms with E-state index >= 15 is 0 Å². The summed E-state index contributed by atoms with van der Waals surface area (Å²) in [5.74, 6) is 0. The highest BCUT2D eigenvalue weighted by Crippen LogP contribution is 2.15. The van der Waals surface area contributed by atoms with E-state index in [9.17, 15) is 14.9 Å². The van der Waals surface area contributed by atoms with Crippen molar-refractivity contribution < 1.29 is 4.92 Å². The third-order valence-electron chi connectivity index (χ3n) is 3.68. The van der Waals surface area contributed by atoms with Crippen molar-refractivity contribution in [2.75, 3.05) is 0 Å². The second-order valence-corrected chi connectivity index (χ2v) is 5.22. The molecule has 3 aromatic rings. The average Bonchev–Trinajstić information content (AvgIpc) is 2.57. The summed E-state index contributed by atoms with van der Waals surface area (Å²) in [6.07, 6.45) is 5.29. The van der Waals surface area contributed by atoms with Crippen LogP contribution in [0, 0.1) is 10.1 Å². The summed E-state index contributed by atoms with van der Waals surface area (Å²) in [6, 6.07) is 13.6. The highest BCUT2D eigenvalue weighted by Gasteiger charge is 2.05. The number of fused-ring (bicyclic) bond motifs is 1. The number of non-ortho nitro benzene ring substituents is 1. The first-order valence-corrected chi connectivity index (χ1v) is 7.07. The molecule has 23 heavy (non-hydrogen) atoms. The molecule has 0 N–H and O–H groups in total. The fourth-order valence-electron chi connectivity index (χ4n) is 2.48. The van der Waals surface area contributed by atoms with Crippen LogP contribution < -0.4 is 5.43 Å². The molecule has 0 radical (unpaired) electrons. The molecule has 0 aliphatic carbocycles. The van der Waals surface area contributed by atoms with Gasteiger partial charge < -0.3 is 4.57 Å². The van der Waals surface area contributed by atoms with Gasteiger partial charge >= 0.3 is 0 Å². The van der Waals surface area contributed by atoms with Gasteiger partial charge in [0.2, 0.25) is 0 Å². The summed E-state index contributed by atoms with van der Waals surface area (Å²) in [7, 11) is 1.89. The number of para-hydroxylation sites is 1. The average molecular weight is 306 g/mol. The quantitative estimate of drug-likeness (QED) is 0.548. The van der Waals surface area contributed by atoms with Crippen molar-refractivity contribution in [1.82, 2.24) is 4.57 Å². The molecule has 0 amide bonds. The second-order valence-electron chi connectivity index (χ2n) is 5.22. The van der Waals surface area contributed by atoms with Crippen molar-refractivity contribution in [2.45, 2.75) is 0 Å². The maximum absolute atomic E-state index is 12.5. The fourth-order valence-corrected chi connectivity index (χ4v) is 2.48. The molecular weight excluding hydrogens is 292 g/mol. The van der Waals surface area contributed by atoms with Gasteiger partial charge in [-0.05, 0) is 35.9 Å². The lowest BCUT2D eigenvalue weighted by molar-refractivity contribution is -0.384. The number of nitro groups is 1. The van der Waals surface area contributed by atoms with E-state index in [-0.39, 0.29) is 11.1 Å². The molecule has 0 aliphatic heterocycles. The van der Waals surface area contributed by atoms with E-state index in [1.165, 1.54) is 12.1 Å². The maximum atomic E-state index is 12.5. The van der Waals surface area contributed by atoms with Crippen molar-refractivity contribution in [3.8, 4) is 0 Å². The minimum Gasteiger partial charge on any atom is -0.350 e. The Morgan fingerprint density at radius 3 is 2.43 bits per heavy atom. The highest BCUT2D eigenvalue weighted by atomic mass is 16.6. The lowest BCUT2D eigenvalue weighted by Crippen LogP contribution is -2.10. The topological polar surface area (TPSA) is 65.1 Å². The van der Waals surface area contributed by atoms with Crippen LogP contribution in [-0.2, 0) is 7.05 Å². The van der Waals surface area contributed by atoms with Crippen LogP contribution >= 0.6 is 0 Å². The van der Waals surface area contributed by atoms with Gasteiger partial charge in [-0.2, -0.15) is 0 Å². The zero-order chi connectivity index (χ0) is 16.4. The SMILES string of the molecule is Cn1cc(/C=C\c2ccc([N+](=O)[O-])cc2)c(=O)c2ccccc21. The molecule has 114 valence electrons. The largest absolute Gasteiger partial charge is 0.350 e. The van der Waals surface area contributed by atoms with Crippen LogP contribution in [0.2, 0.25) is 0 Å². The van der Waals surface area contributed by atoms with E-state index in [0.29, 0.717) is 10.9 Å². The smallest absolute Gasteiger partial charge is 0.269 e. The first-order chi connectivity index (χ1) is 11.1. The molecule has 0 atom stereocenters. The van der Waals surface area contributed by atoms with E-state index in [1.54, 1.807) is 36.5 Å². The van der Waals surface area contributed by atoms with Gasteiger partial charge in [-0.1, -0.05) is 18.2 Å². The molecule has 3 rings (SSSR count). The number of aromatic nitrogens is 1. The van der Waals surface area contributed by atoms with Crippen molar-refractivity contribution in [1.29, 1.82) is 0 Å². The minimum absolute atomic E-state index is 0.0307. The van der Waals surface area contributed by atoms with E-state index in [0.717, 1.165) is 11.1 Å². The highest BCUT2D eigenvalue weighted by molar-refractivity contribution is 5.82. The molecule has 5 heteroatoms. The van der Waals surface area contributed by atoms with Crippen molar-refractivity contribution in [3.05, 3.63) is 86.2 Å². The Kier molecular flexibility index (Phi) is 3.76. The molecule has 5 nitrogen and oxygen atoms in total. The zero-order valence-electron chi connectivity index (χ0n) is 12.5. The first-order valence-electron chi connectivity index (χ1n) is 7.07. The molecule has 1 heterocycles. The number of nitro benzene ring substituents is 1. The number of pyridine rings is 1. The van der Waals surface area contributed by atoms with Gasteiger partial charge in [-0.25, -0.2) is 0 Å². The normalized spacial score (nSPS) is 11.2. The van der Waals surface area contributed by atoms with Crippen LogP contribution in [0.3, 0.4) is 0 Å². The maximum Gasteiger partial charge on any atom is 0.269 e. The minimum atomic E-state index is -0.438. The van der Waals surface area contributed by atoms with Crippen LogP contribution in [0.5, 0.6) is 0 Å². The number of rotatable bonds is 3. The third-order valence-corrected chi connectivity index (χ3v) is 3.68. The summed E-state index contributed by atoms with van der Waals surface area (Å²) >= 11 is 0. The summed E-state index contributed by atoms with van der Waals surface area (Å²) in [4.78, 5) is 22.7. The van der Waals surface area contributed by atoms with Crippen molar-refractivity contribution in [3.63, 3.8) is 0 Å². The van der Waals surface area contributed by atoms with Crippen LogP contribution in [0.25, 0.3) is 23.1 Å². The molecular formula is C18H14N2O3. The standard InChI is InChI=1S/C18H14N2O3/c1-19-12-14(18(21)16-4-2-3-5-17(16)19)9-6-13-7-10-15(11-8-13)20(22)23/h2-12H,1H3/b9-6-. The molecule has 0 saturated carbocycles. The fraction of sp³-hybridized carbons (Fsp3) is 0.0556. The second kappa shape index (κ2) is 5.88. The number of hydrogen-bond acceptors (Lipinski definition) is 3. The molecule has 1 aromatic heterocycles. The van der Waals surface area contributed by atoms with Crippen LogP contribution in [-0.4, -0.2) is 9.49 Å². The summed E-state index contributed by atoms with van der Waals surface area (Å²) in [6.45, 7) is 0. The van der Waals surface area contributed by atoms with Crippen LogP contribution in [0.1, 0.15) is 11.1 Å². The lowest BCUT2D eigenvalue weighted by atomic mass is 10.1.